The third-order valence-corrected chi connectivity index (χ3v) is 10.2. The lowest BCUT2D eigenvalue weighted by Crippen LogP contribution is -2.71. The third kappa shape index (κ3) is 10.2. The number of aliphatic hydroxyl groups excluding tert-OH is 11. The fourth-order valence-corrected chi connectivity index (χ4v) is 7.23. The summed E-state index contributed by atoms with van der Waals surface area (Å²) < 4.78 is 45.6. The van der Waals surface area contributed by atoms with Crippen LogP contribution in [0.25, 0.3) is 0 Å². The summed E-state index contributed by atoms with van der Waals surface area (Å²) in [7, 11) is 1.16. The molecule has 4 heterocycles. The molecule has 0 unspecified atom stereocenters. The second-order valence-corrected chi connectivity index (χ2v) is 14.2. The van der Waals surface area contributed by atoms with E-state index in [-0.39, 0.29) is 0 Å². The Hall–Kier alpha value is -2.35. The average molecular weight is 835 g/mol. The number of carbonyl (C=O) groups is 3. The van der Waals surface area contributed by atoms with Crippen LogP contribution in [-0.2, 0) is 52.3 Å². The molecule has 330 valence electrons. The zero-order valence-electron chi connectivity index (χ0n) is 31.2. The highest BCUT2D eigenvalue weighted by Gasteiger charge is 2.60. The molecular formula is C32H54N2O23. The van der Waals surface area contributed by atoms with Gasteiger partial charge in [0.05, 0.1) is 38.1 Å². The van der Waals surface area contributed by atoms with Crippen LogP contribution >= 0.6 is 0 Å². The number of rotatable bonds is 15. The van der Waals surface area contributed by atoms with Gasteiger partial charge in [-0.3, -0.25) is 9.59 Å². The first-order chi connectivity index (χ1) is 26.7. The van der Waals surface area contributed by atoms with Crippen LogP contribution in [0.3, 0.4) is 0 Å². The molecule has 4 fully saturated rings. The van der Waals surface area contributed by atoms with Gasteiger partial charge in [-0.25, -0.2) is 4.79 Å². The number of methoxy groups -OCH3 is 1. The topological polar surface area (TPSA) is 392 Å². The second kappa shape index (κ2) is 19.8. The summed E-state index contributed by atoms with van der Waals surface area (Å²) >= 11 is 0. The Morgan fingerprint density at radius 1 is 0.754 bits per heavy atom. The van der Waals surface area contributed by atoms with Gasteiger partial charge in [0.2, 0.25) is 11.8 Å². The van der Waals surface area contributed by atoms with Crippen molar-refractivity contribution in [3.63, 3.8) is 0 Å². The van der Waals surface area contributed by atoms with Crippen LogP contribution in [0.15, 0.2) is 0 Å². The molecule has 0 aliphatic carbocycles. The molecule has 0 bridgehead atoms. The number of aliphatic hydroxyl groups is 11. The predicted molar refractivity (Wildman–Crippen MR) is 178 cm³/mol. The van der Waals surface area contributed by atoms with Gasteiger partial charge in [0.15, 0.2) is 18.9 Å². The molecule has 0 spiro atoms. The van der Waals surface area contributed by atoms with E-state index in [1.165, 1.54) is 6.92 Å². The fourth-order valence-electron chi connectivity index (χ4n) is 7.23. The summed E-state index contributed by atoms with van der Waals surface area (Å²) in [6.45, 7) is 0.448. The standard InChI is InChI=1S/C32H54N2O23/c1-9-18(42)21(45)27(50-4)30(51-9)55-25-17(34-11(3)39)28(47)52-15(8-37)23(25)54-29-22(46)26(20(44)14(7-36)53-29)57-32(31(48)49)5-12(40)16(33-10(2)38)24(56-32)19(43)13(41)6-35/h9,12-30,35-37,40-47H,5-8H2,1-4H3,(H,33,38)(H,34,39)(H,48,49)/t9-,12-,13+,14+,15+,16+,17+,18+,19+,20-,21+,22+,23+,24+,25+,26-,27-,28+,29-,30-,32-/m0/s1. The predicted octanol–water partition coefficient (Wildman–Crippen LogP) is -8.57. The molecule has 2 amide bonds. The van der Waals surface area contributed by atoms with Crippen molar-refractivity contribution in [2.45, 2.75) is 155 Å². The van der Waals surface area contributed by atoms with Gasteiger partial charge in [-0.15, -0.1) is 0 Å². The molecule has 4 saturated heterocycles. The molecule has 21 atom stereocenters. The van der Waals surface area contributed by atoms with E-state index in [0.29, 0.717) is 0 Å². The highest BCUT2D eigenvalue weighted by molar-refractivity contribution is 5.76. The summed E-state index contributed by atoms with van der Waals surface area (Å²) in [5.74, 6) is -6.62. The Kier molecular flexibility index (Phi) is 16.4. The summed E-state index contributed by atoms with van der Waals surface area (Å²) in [5, 5.41) is 132. The van der Waals surface area contributed by atoms with E-state index < -0.39 is 172 Å². The Morgan fingerprint density at radius 2 is 1.35 bits per heavy atom. The number of hydrogen-bond acceptors (Lipinski definition) is 22. The molecule has 57 heavy (non-hydrogen) atoms. The maximum Gasteiger partial charge on any atom is 0.364 e. The number of carboxylic acid groups (broad SMARTS) is 1. The number of nitrogens with one attached hydrogen (secondary N) is 2. The third-order valence-electron chi connectivity index (χ3n) is 10.2. The first kappa shape index (κ1) is 47.3. The van der Waals surface area contributed by atoms with Gasteiger partial charge in [-0.05, 0) is 6.92 Å². The van der Waals surface area contributed by atoms with E-state index in [4.69, 9.17) is 37.9 Å². The number of aliphatic carboxylic acids is 1. The van der Waals surface area contributed by atoms with Crippen molar-refractivity contribution < 1.29 is 114 Å². The van der Waals surface area contributed by atoms with Gasteiger partial charge >= 0.3 is 5.97 Å². The molecule has 4 rings (SSSR count). The van der Waals surface area contributed by atoms with Crippen LogP contribution in [0.4, 0.5) is 0 Å². The van der Waals surface area contributed by atoms with Crippen molar-refractivity contribution >= 4 is 17.8 Å². The Labute approximate surface area is 324 Å². The van der Waals surface area contributed by atoms with Gasteiger partial charge in [-0.1, -0.05) is 0 Å². The molecular weight excluding hydrogens is 780 g/mol. The van der Waals surface area contributed by atoms with E-state index in [0.717, 1.165) is 21.0 Å². The lowest BCUT2D eigenvalue weighted by atomic mass is 9.88. The Bertz CT molecular complexity index is 1350. The van der Waals surface area contributed by atoms with Crippen LogP contribution in [0.2, 0.25) is 0 Å². The number of carbonyl (C=O) groups excluding carboxylic acids is 2. The van der Waals surface area contributed by atoms with Gasteiger partial charge in [0.25, 0.3) is 5.79 Å². The summed E-state index contributed by atoms with van der Waals surface area (Å²) in [6.07, 6.45) is -33.5. The quantitative estimate of drug-likeness (QED) is 0.0728. The van der Waals surface area contributed by atoms with Gasteiger partial charge < -0.3 is 110 Å². The molecule has 25 nitrogen and oxygen atoms in total. The van der Waals surface area contributed by atoms with Crippen molar-refractivity contribution in [2.75, 3.05) is 26.9 Å². The number of amides is 2. The molecule has 0 aromatic carbocycles. The Balaban J connectivity index is 1.72. The maximum absolute atomic E-state index is 12.9. The van der Waals surface area contributed by atoms with Crippen LogP contribution in [0.5, 0.6) is 0 Å². The maximum atomic E-state index is 12.9. The summed E-state index contributed by atoms with van der Waals surface area (Å²) in [4.78, 5) is 37.1. The lowest BCUT2D eigenvalue weighted by molar-refractivity contribution is -0.390. The van der Waals surface area contributed by atoms with Gasteiger partial charge in [0, 0.05) is 27.4 Å². The highest BCUT2D eigenvalue weighted by Crippen LogP contribution is 2.39. The molecule has 14 N–H and O–H groups in total. The van der Waals surface area contributed by atoms with Crippen LogP contribution < -0.4 is 10.6 Å². The Morgan fingerprint density at radius 3 is 1.89 bits per heavy atom. The van der Waals surface area contributed by atoms with E-state index >= 15 is 0 Å². The van der Waals surface area contributed by atoms with Gasteiger partial charge in [-0.2, -0.15) is 0 Å². The molecule has 0 aromatic heterocycles. The molecule has 25 heteroatoms. The first-order valence-electron chi connectivity index (χ1n) is 18.0. The van der Waals surface area contributed by atoms with Crippen LogP contribution in [-0.4, -0.2) is 234 Å². The number of carboxylic acids is 1. The number of ether oxygens (including phenoxy) is 8. The molecule has 4 aliphatic rings. The van der Waals surface area contributed by atoms with E-state index in [1.54, 1.807) is 0 Å². The minimum absolute atomic E-state index is 0.732. The molecule has 0 saturated carbocycles. The monoisotopic (exact) mass is 834 g/mol. The van der Waals surface area contributed by atoms with Crippen molar-refractivity contribution in [2.24, 2.45) is 0 Å². The number of hydrogen-bond donors (Lipinski definition) is 14. The fraction of sp³-hybridized carbons (Fsp3) is 0.906. The first-order valence-corrected chi connectivity index (χ1v) is 18.0. The van der Waals surface area contributed by atoms with E-state index in [1.807, 2.05) is 0 Å². The van der Waals surface area contributed by atoms with Gasteiger partial charge in [0.1, 0.15) is 85.4 Å². The molecule has 4 aliphatic heterocycles. The smallest absolute Gasteiger partial charge is 0.364 e. The summed E-state index contributed by atoms with van der Waals surface area (Å²) in [6, 6.07) is -3.16. The van der Waals surface area contributed by atoms with Crippen molar-refractivity contribution in [3.8, 4) is 0 Å². The zero-order chi connectivity index (χ0) is 42.7. The summed E-state index contributed by atoms with van der Waals surface area (Å²) in [5.41, 5.74) is 0. The minimum atomic E-state index is -3.10. The van der Waals surface area contributed by atoms with Crippen LogP contribution in [0, 0.1) is 0 Å². The normalized spacial score (nSPS) is 45.1. The van der Waals surface area contributed by atoms with E-state index in [2.05, 4.69) is 10.6 Å². The average Bonchev–Trinajstić information content (AvgIpc) is 3.15. The van der Waals surface area contributed by atoms with E-state index in [9.17, 15) is 75.7 Å². The SMILES string of the molecule is CO[C@@H]1[C@H](O[C@@H]2[C@@H](NC(C)=O)[C@H](O)O[C@H](CO)[C@H]2O[C@@H]2O[C@H](CO)[C@H](O)[C@H](O[C@]3(C(=O)O)C[C@H](O)[C@@H](NC(C)=O)[C@H]([C@H](O)[C@H](O)CO)O3)[C@H]2O)O[C@@H](C)[C@@H](O)[C@H]1O. The van der Waals surface area contributed by atoms with Crippen molar-refractivity contribution in [1.82, 2.24) is 10.6 Å². The second-order valence-electron chi connectivity index (χ2n) is 14.2. The van der Waals surface area contributed by atoms with Crippen molar-refractivity contribution in [3.05, 3.63) is 0 Å². The van der Waals surface area contributed by atoms with Crippen molar-refractivity contribution in [1.29, 1.82) is 0 Å². The molecule has 0 aromatic rings. The minimum Gasteiger partial charge on any atom is -0.477 e. The largest absolute Gasteiger partial charge is 0.477 e. The highest BCUT2D eigenvalue weighted by atomic mass is 16.8. The lowest BCUT2D eigenvalue weighted by Gasteiger charge is -2.51. The molecule has 0 radical (unpaired) electrons. The zero-order valence-corrected chi connectivity index (χ0v) is 31.2. The van der Waals surface area contributed by atoms with Crippen LogP contribution in [0.1, 0.15) is 27.2 Å².